The highest BCUT2D eigenvalue weighted by atomic mass is 35.5. The van der Waals surface area contributed by atoms with Crippen molar-refractivity contribution < 1.29 is 9.84 Å². The van der Waals surface area contributed by atoms with Gasteiger partial charge in [-0.25, -0.2) is 0 Å². The highest BCUT2D eigenvalue weighted by Crippen LogP contribution is 2.24. The molecular formula is C12H17ClO2. The maximum absolute atomic E-state index is 9.48. The van der Waals surface area contributed by atoms with Gasteiger partial charge < -0.3 is 9.84 Å². The number of aliphatic hydroxyl groups excluding tert-OH is 1. The number of aliphatic hydroxyl groups is 1. The van der Waals surface area contributed by atoms with E-state index in [4.69, 9.17) is 16.3 Å². The Hall–Kier alpha value is -0.730. The van der Waals surface area contributed by atoms with Crippen molar-refractivity contribution in [3.05, 3.63) is 28.8 Å². The van der Waals surface area contributed by atoms with Crippen LogP contribution >= 0.6 is 11.6 Å². The number of benzene rings is 1. The van der Waals surface area contributed by atoms with E-state index in [9.17, 15) is 5.11 Å². The van der Waals surface area contributed by atoms with Crippen LogP contribution in [-0.4, -0.2) is 18.3 Å². The molecule has 0 heterocycles. The minimum atomic E-state index is -0.242. The van der Waals surface area contributed by atoms with Gasteiger partial charge in [0.2, 0.25) is 0 Å². The molecule has 0 aliphatic heterocycles. The van der Waals surface area contributed by atoms with Crippen LogP contribution in [0.4, 0.5) is 0 Å². The molecule has 0 bridgehead atoms. The second kappa shape index (κ2) is 5.99. The molecule has 0 aliphatic carbocycles. The second-order valence-electron chi connectivity index (χ2n) is 3.56. The van der Waals surface area contributed by atoms with E-state index in [-0.39, 0.29) is 6.10 Å². The van der Waals surface area contributed by atoms with Crippen LogP contribution in [0.2, 0.25) is 5.02 Å². The topological polar surface area (TPSA) is 29.5 Å². The summed E-state index contributed by atoms with van der Waals surface area (Å²) in [5.41, 5.74) is 1.05. The van der Waals surface area contributed by atoms with Gasteiger partial charge in [0.15, 0.2) is 0 Å². The van der Waals surface area contributed by atoms with Crippen molar-refractivity contribution in [1.29, 1.82) is 0 Å². The predicted molar refractivity (Wildman–Crippen MR) is 62.6 cm³/mol. The number of hydrogen-bond donors (Lipinski definition) is 1. The van der Waals surface area contributed by atoms with Crippen LogP contribution in [0.3, 0.4) is 0 Å². The van der Waals surface area contributed by atoms with Gasteiger partial charge in [0.25, 0.3) is 0 Å². The highest BCUT2D eigenvalue weighted by molar-refractivity contribution is 6.30. The standard InChI is InChI=1S/C12H17ClO2/c1-3-11(14)6-4-9-8-10(13)5-7-12(9)15-2/h5,7-8,11,14H,3-4,6H2,1-2H3. The van der Waals surface area contributed by atoms with E-state index < -0.39 is 0 Å². The molecule has 0 radical (unpaired) electrons. The van der Waals surface area contributed by atoms with Crippen LogP contribution in [0.25, 0.3) is 0 Å². The molecule has 1 aromatic rings. The summed E-state index contributed by atoms with van der Waals surface area (Å²) in [6.07, 6.45) is 2.07. The number of hydrogen-bond acceptors (Lipinski definition) is 2. The van der Waals surface area contributed by atoms with E-state index >= 15 is 0 Å². The third-order valence-corrected chi connectivity index (χ3v) is 2.70. The van der Waals surface area contributed by atoms with Gasteiger partial charge in [0.05, 0.1) is 13.2 Å². The van der Waals surface area contributed by atoms with Crippen LogP contribution in [-0.2, 0) is 6.42 Å². The number of methoxy groups -OCH3 is 1. The molecule has 0 aliphatic rings. The predicted octanol–water partition coefficient (Wildman–Crippen LogP) is 3.05. The van der Waals surface area contributed by atoms with E-state index in [1.807, 2.05) is 19.1 Å². The lowest BCUT2D eigenvalue weighted by Gasteiger charge is -2.11. The van der Waals surface area contributed by atoms with Crippen LogP contribution in [0.1, 0.15) is 25.3 Å². The molecular weight excluding hydrogens is 212 g/mol. The zero-order valence-electron chi connectivity index (χ0n) is 9.16. The zero-order valence-corrected chi connectivity index (χ0v) is 9.92. The van der Waals surface area contributed by atoms with E-state index in [0.717, 1.165) is 30.6 Å². The summed E-state index contributed by atoms with van der Waals surface area (Å²) in [4.78, 5) is 0. The van der Waals surface area contributed by atoms with Gasteiger partial charge in [-0.1, -0.05) is 18.5 Å². The van der Waals surface area contributed by atoms with Crippen LogP contribution in [0.5, 0.6) is 5.75 Å². The average molecular weight is 229 g/mol. The Morgan fingerprint density at radius 3 is 2.80 bits per heavy atom. The number of halogens is 1. The number of aryl methyl sites for hydroxylation is 1. The molecule has 2 nitrogen and oxygen atoms in total. The lowest BCUT2D eigenvalue weighted by molar-refractivity contribution is 0.160. The minimum absolute atomic E-state index is 0.242. The van der Waals surface area contributed by atoms with Gasteiger partial charge >= 0.3 is 0 Å². The molecule has 3 heteroatoms. The largest absolute Gasteiger partial charge is 0.496 e. The molecule has 0 aromatic heterocycles. The fourth-order valence-electron chi connectivity index (χ4n) is 1.47. The van der Waals surface area contributed by atoms with E-state index in [0.29, 0.717) is 5.02 Å². The molecule has 0 saturated heterocycles. The van der Waals surface area contributed by atoms with Crippen LogP contribution in [0, 0.1) is 0 Å². The summed E-state index contributed by atoms with van der Waals surface area (Å²) in [5.74, 6) is 0.836. The van der Waals surface area contributed by atoms with Gasteiger partial charge in [-0.05, 0) is 43.0 Å². The molecule has 15 heavy (non-hydrogen) atoms. The van der Waals surface area contributed by atoms with Gasteiger partial charge in [0, 0.05) is 5.02 Å². The number of ether oxygens (including phenoxy) is 1. The van der Waals surface area contributed by atoms with Crippen LogP contribution in [0.15, 0.2) is 18.2 Å². The first-order valence-electron chi connectivity index (χ1n) is 5.17. The summed E-state index contributed by atoms with van der Waals surface area (Å²) in [6.45, 7) is 1.97. The zero-order chi connectivity index (χ0) is 11.3. The molecule has 1 atom stereocenters. The Morgan fingerprint density at radius 1 is 1.47 bits per heavy atom. The van der Waals surface area contributed by atoms with Gasteiger partial charge in [0.1, 0.15) is 5.75 Å². The summed E-state index contributed by atoms with van der Waals surface area (Å²) in [5, 5.41) is 10.2. The number of rotatable bonds is 5. The summed E-state index contributed by atoms with van der Waals surface area (Å²) >= 11 is 5.90. The third-order valence-electron chi connectivity index (χ3n) is 2.46. The Kier molecular flexibility index (Phi) is 4.92. The monoisotopic (exact) mass is 228 g/mol. The first-order chi connectivity index (χ1) is 7.17. The maximum Gasteiger partial charge on any atom is 0.122 e. The van der Waals surface area contributed by atoms with Gasteiger partial charge in [-0.2, -0.15) is 0 Å². The molecule has 0 saturated carbocycles. The van der Waals surface area contributed by atoms with Crippen LogP contribution < -0.4 is 4.74 Å². The minimum Gasteiger partial charge on any atom is -0.496 e. The summed E-state index contributed by atoms with van der Waals surface area (Å²) < 4.78 is 5.23. The van der Waals surface area contributed by atoms with Crippen molar-refractivity contribution in [2.45, 2.75) is 32.3 Å². The van der Waals surface area contributed by atoms with Crippen molar-refractivity contribution >= 4 is 11.6 Å². The highest BCUT2D eigenvalue weighted by Gasteiger charge is 2.06. The van der Waals surface area contributed by atoms with Gasteiger partial charge in [-0.3, -0.25) is 0 Å². The Morgan fingerprint density at radius 2 is 2.20 bits per heavy atom. The van der Waals surface area contributed by atoms with E-state index in [1.165, 1.54) is 0 Å². The van der Waals surface area contributed by atoms with Crippen molar-refractivity contribution in [3.63, 3.8) is 0 Å². The smallest absolute Gasteiger partial charge is 0.122 e. The average Bonchev–Trinajstić information content (AvgIpc) is 2.26. The van der Waals surface area contributed by atoms with Crippen molar-refractivity contribution in [1.82, 2.24) is 0 Å². The van der Waals surface area contributed by atoms with Crippen molar-refractivity contribution in [2.24, 2.45) is 0 Å². The molecule has 0 fully saturated rings. The quantitative estimate of drug-likeness (QED) is 0.840. The Labute approximate surface area is 95.8 Å². The van der Waals surface area contributed by atoms with E-state index in [1.54, 1.807) is 13.2 Å². The molecule has 1 aromatic carbocycles. The molecule has 1 unspecified atom stereocenters. The molecule has 0 spiro atoms. The first-order valence-corrected chi connectivity index (χ1v) is 5.55. The first kappa shape index (κ1) is 12.3. The molecule has 1 rings (SSSR count). The van der Waals surface area contributed by atoms with E-state index in [2.05, 4.69) is 0 Å². The Bertz CT molecular complexity index is 312. The third kappa shape index (κ3) is 3.73. The molecule has 1 N–H and O–H groups in total. The lowest BCUT2D eigenvalue weighted by atomic mass is 10.0. The van der Waals surface area contributed by atoms with Gasteiger partial charge in [-0.15, -0.1) is 0 Å². The Balaban J connectivity index is 2.69. The normalized spacial score (nSPS) is 12.5. The fraction of sp³-hybridized carbons (Fsp3) is 0.500. The SMILES string of the molecule is CCC(O)CCc1cc(Cl)ccc1OC. The lowest BCUT2D eigenvalue weighted by Crippen LogP contribution is -2.06. The van der Waals surface area contributed by atoms with Crippen molar-refractivity contribution in [3.8, 4) is 5.75 Å². The van der Waals surface area contributed by atoms with Crippen molar-refractivity contribution in [2.75, 3.05) is 7.11 Å². The molecule has 0 amide bonds. The second-order valence-corrected chi connectivity index (χ2v) is 3.99. The fourth-order valence-corrected chi connectivity index (χ4v) is 1.66. The molecule has 84 valence electrons. The summed E-state index contributed by atoms with van der Waals surface area (Å²) in [7, 11) is 1.64. The summed E-state index contributed by atoms with van der Waals surface area (Å²) in [6, 6.07) is 5.55. The maximum atomic E-state index is 9.48.